The molecule has 0 heterocycles. The lowest BCUT2D eigenvalue weighted by Gasteiger charge is -2.17. The number of hydrogen-bond donors (Lipinski definition) is 2. The summed E-state index contributed by atoms with van der Waals surface area (Å²) in [5, 5.41) is 12.0. The highest BCUT2D eigenvalue weighted by Gasteiger charge is 2.20. The van der Waals surface area contributed by atoms with E-state index in [1.165, 1.54) is 0 Å². The lowest BCUT2D eigenvalue weighted by atomic mass is 10.0. The number of aliphatic hydroxyl groups excluding tert-OH is 1. The molecule has 1 rings (SSSR count). The van der Waals surface area contributed by atoms with Crippen LogP contribution in [-0.4, -0.2) is 23.7 Å². The van der Waals surface area contributed by atoms with E-state index in [4.69, 9.17) is 0 Å². The number of amides is 1. The van der Waals surface area contributed by atoms with Crippen LogP contribution >= 0.6 is 15.9 Å². The van der Waals surface area contributed by atoms with Gasteiger partial charge in [0.2, 0.25) is 0 Å². The van der Waals surface area contributed by atoms with Gasteiger partial charge >= 0.3 is 0 Å². The van der Waals surface area contributed by atoms with Gasteiger partial charge in [-0.15, -0.1) is 0 Å². The van der Waals surface area contributed by atoms with Crippen LogP contribution in [-0.2, 0) is 0 Å². The second-order valence-corrected chi connectivity index (χ2v) is 5.32. The average molecular weight is 336 g/mol. The van der Waals surface area contributed by atoms with E-state index in [1.54, 1.807) is 0 Å². The summed E-state index contributed by atoms with van der Waals surface area (Å²) in [6.45, 7) is 3.70. The monoisotopic (exact) mass is 335 g/mol. The molecule has 0 aliphatic carbocycles. The van der Waals surface area contributed by atoms with Crippen molar-refractivity contribution in [3.8, 4) is 0 Å². The second kappa shape index (κ2) is 6.96. The van der Waals surface area contributed by atoms with Gasteiger partial charge in [-0.1, -0.05) is 36.2 Å². The number of carbonyl (C=O) groups excluding carboxylic acids is 1. The van der Waals surface area contributed by atoms with Gasteiger partial charge in [0.05, 0.1) is 6.10 Å². The largest absolute Gasteiger partial charge is 0.391 e. The standard InChI is InChI=1S/C13H16BrF2NO2/c1-3-7(2)11(18)6-17-13(19)12-9(15)4-8(14)5-10(12)16/h4-5,7,11,18H,3,6H2,1-2H3,(H,17,19). The third-order valence-electron chi connectivity index (χ3n) is 3.01. The lowest BCUT2D eigenvalue weighted by molar-refractivity contribution is 0.0843. The Morgan fingerprint density at radius 1 is 1.42 bits per heavy atom. The molecule has 0 bridgehead atoms. The zero-order valence-electron chi connectivity index (χ0n) is 10.7. The summed E-state index contributed by atoms with van der Waals surface area (Å²) in [6.07, 6.45) is 0.00780. The molecule has 6 heteroatoms. The van der Waals surface area contributed by atoms with Crippen LogP contribution in [0.25, 0.3) is 0 Å². The Hall–Kier alpha value is -1.01. The molecule has 19 heavy (non-hydrogen) atoms. The molecule has 106 valence electrons. The molecule has 3 nitrogen and oxygen atoms in total. The van der Waals surface area contributed by atoms with Gasteiger partial charge in [0.15, 0.2) is 0 Å². The molecule has 1 aromatic carbocycles. The SMILES string of the molecule is CCC(C)C(O)CNC(=O)c1c(F)cc(Br)cc1F. The molecule has 2 N–H and O–H groups in total. The van der Waals surface area contributed by atoms with Crippen LogP contribution in [0.3, 0.4) is 0 Å². The first-order valence-corrected chi connectivity index (χ1v) is 6.76. The number of carbonyl (C=O) groups is 1. The Labute approximate surface area is 119 Å². The third kappa shape index (κ3) is 4.24. The fourth-order valence-corrected chi connectivity index (χ4v) is 1.92. The van der Waals surface area contributed by atoms with Crippen LogP contribution < -0.4 is 5.32 Å². The van der Waals surface area contributed by atoms with Gasteiger partial charge in [0.1, 0.15) is 17.2 Å². The van der Waals surface area contributed by atoms with E-state index < -0.39 is 29.2 Å². The van der Waals surface area contributed by atoms with E-state index in [-0.39, 0.29) is 16.9 Å². The highest BCUT2D eigenvalue weighted by molar-refractivity contribution is 9.10. The van der Waals surface area contributed by atoms with Crippen molar-refractivity contribution in [3.05, 3.63) is 33.8 Å². The Balaban J connectivity index is 2.74. The molecule has 1 aromatic rings. The summed E-state index contributed by atoms with van der Waals surface area (Å²) < 4.78 is 27.3. The van der Waals surface area contributed by atoms with Crippen molar-refractivity contribution in [1.82, 2.24) is 5.32 Å². The maximum Gasteiger partial charge on any atom is 0.257 e. The van der Waals surface area contributed by atoms with Gasteiger partial charge in [-0.05, 0) is 18.1 Å². The predicted octanol–water partition coefficient (Wildman–Crippen LogP) is 2.86. The topological polar surface area (TPSA) is 49.3 Å². The highest BCUT2D eigenvalue weighted by atomic mass is 79.9. The van der Waals surface area contributed by atoms with Crippen molar-refractivity contribution >= 4 is 21.8 Å². The molecule has 0 aliphatic heterocycles. The van der Waals surface area contributed by atoms with Crippen molar-refractivity contribution in [2.75, 3.05) is 6.54 Å². The summed E-state index contributed by atoms with van der Waals surface area (Å²) in [4.78, 5) is 11.7. The summed E-state index contributed by atoms with van der Waals surface area (Å²) in [6, 6.07) is 2.03. The van der Waals surface area contributed by atoms with Crippen LogP contribution in [0, 0.1) is 17.6 Å². The normalized spacial score (nSPS) is 14.0. The van der Waals surface area contributed by atoms with E-state index in [9.17, 15) is 18.7 Å². The van der Waals surface area contributed by atoms with Gasteiger partial charge in [0.25, 0.3) is 5.91 Å². The molecule has 0 fully saturated rings. The summed E-state index contributed by atoms with van der Waals surface area (Å²) in [5.41, 5.74) is -0.639. The van der Waals surface area contributed by atoms with E-state index in [0.717, 1.165) is 18.6 Å². The Morgan fingerprint density at radius 3 is 2.42 bits per heavy atom. The maximum atomic E-state index is 13.5. The summed E-state index contributed by atoms with van der Waals surface area (Å²) in [5.74, 6) is -2.76. The van der Waals surface area contributed by atoms with Gasteiger partial charge in [-0.25, -0.2) is 8.78 Å². The van der Waals surface area contributed by atoms with Crippen molar-refractivity contribution < 1.29 is 18.7 Å². The highest BCUT2D eigenvalue weighted by Crippen LogP contribution is 2.19. The number of halogens is 3. The Bertz CT molecular complexity index is 445. The lowest BCUT2D eigenvalue weighted by Crippen LogP contribution is -2.36. The van der Waals surface area contributed by atoms with E-state index >= 15 is 0 Å². The minimum atomic E-state index is -0.942. The quantitative estimate of drug-likeness (QED) is 0.869. The van der Waals surface area contributed by atoms with E-state index in [0.29, 0.717) is 0 Å². The number of aliphatic hydroxyl groups is 1. The van der Waals surface area contributed by atoms with Crippen LogP contribution in [0.2, 0.25) is 0 Å². The summed E-state index contributed by atoms with van der Waals surface area (Å²) >= 11 is 2.94. The fraction of sp³-hybridized carbons (Fsp3) is 0.462. The fourth-order valence-electron chi connectivity index (χ4n) is 1.52. The first-order chi connectivity index (χ1) is 8.86. The van der Waals surface area contributed by atoms with Crippen LogP contribution in [0.4, 0.5) is 8.78 Å². The van der Waals surface area contributed by atoms with Crippen LogP contribution in [0.5, 0.6) is 0 Å². The van der Waals surface area contributed by atoms with Crippen molar-refractivity contribution in [3.63, 3.8) is 0 Å². The molecule has 0 aliphatic rings. The van der Waals surface area contributed by atoms with Gasteiger partial charge < -0.3 is 10.4 Å². The molecule has 0 aromatic heterocycles. The smallest absolute Gasteiger partial charge is 0.257 e. The molecular weight excluding hydrogens is 320 g/mol. The second-order valence-electron chi connectivity index (χ2n) is 4.41. The number of hydrogen-bond acceptors (Lipinski definition) is 2. The molecule has 0 spiro atoms. The average Bonchev–Trinajstić information content (AvgIpc) is 2.33. The van der Waals surface area contributed by atoms with Gasteiger partial charge in [0, 0.05) is 11.0 Å². The van der Waals surface area contributed by atoms with Crippen molar-refractivity contribution in [2.24, 2.45) is 5.92 Å². The zero-order chi connectivity index (χ0) is 14.6. The van der Waals surface area contributed by atoms with Crippen molar-refractivity contribution in [2.45, 2.75) is 26.4 Å². The number of rotatable bonds is 5. The van der Waals surface area contributed by atoms with Gasteiger partial charge in [-0.2, -0.15) is 0 Å². The van der Waals surface area contributed by atoms with Crippen LogP contribution in [0.15, 0.2) is 16.6 Å². The Morgan fingerprint density at radius 2 is 1.95 bits per heavy atom. The molecule has 0 radical (unpaired) electrons. The molecular formula is C13H16BrF2NO2. The molecule has 2 atom stereocenters. The molecule has 0 saturated heterocycles. The first kappa shape index (κ1) is 16.0. The third-order valence-corrected chi connectivity index (χ3v) is 3.46. The first-order valence-electron chi connectivity index (χ1n) is 5.97. The summed E-state index contributed by atoms with van der Waals surface area (Å²) in [7, 11) is 0. The van der Waals surface area contributed by atoms with E-state index in [1.807, 2.05) is 13.8 Å². The zero-order valence-corrected chi connectivity index (χ0v) is 12.3. The van der Waals surface area contributed by atoms with E-state index in [2.05, 4.69) is 21.2 Å². The Kier molecular flexibility index (Phi) is 5.87. The maximum absolute atomic E-state index is 13.5. The van der Waals surface area contributed by atoms with Gasteiger partial charge in [-0.3, -0.25) is 4.79 Å². The minimum Gasteiger partial charge on any atom is -0.391 e. The molecule has 0 saturated carbocycles. The number of nitrogens with one attached hydrogen (secondary N) is 1. The van der Waals surface area contributed by atoms with Crippen molar-refractivity contribution in [1.29, 1.82) is 0 Å². The molecule has 2 unspecified atom stereocenters. The number of benzene rings is 1. The minimum absolute atomic E-state index is 0.0000818. The molecule has 1 amide bonds. The van der Waals surface area contributed by atoms with Crippen LogP contribution in [0.1, 0.15) is 30.6 Å². The predicted molar refractivity (Wildman–Crippen MR) is 71.9 cm³/mol.